The second-order valence-corrected chi connectivity index (χ2v) is 10.9. The van der Waals surface area contributed by atoms with Gasteiger partial charge in [-0.3, -0.25) is 4.79 Å². The van der Waals surface area contributed by atoms with Crippen molar-refractivity contribution >= 4 is 22.6 Å². The number of hydrogen-bond acceptors (Lipinski definition) is 5. The highest BCUT2D eigenvalue weighted by Crippen LogP contribution is 2.31. The van der Waals surface area contributed by atoms with Gasteiger partial charge in [0.25, 0.3) is 5.91 Å². The molecule has 2 aliphatic rings. The number of pyridine rings is 1. The number of benzene rings is 3. The van der Waals surface area contributed by atoms with E-state index in [4.69, 9.17) is 4.98 Å². The predicted octanol–water partition coefficient (Wildman–Crippen LogP) is 6.36. The van der Waals surface area contributed by atoms with Gasteiger partial charge >= 0.3 is 0 Å². The molecule has 0 radical (unpaired) electrons. The van der Waals surface area contributed by atoms with Crippen molar-refractivity contribution in [2.24, 2.45) is 0 Å². The van der Waals surface area contributed by atoms with Gasteiger partial charge in [-0.15, -0.1) is 0 Å². The van der Waals surface area contributed by atoms with Gasteiger partial charge in [-0.05, 0) is 97.9 Å². The molecule has 3 aromatic carbocycles. The number of rotatable bonds is 7. The third kappa shape index (κ3) is 5.77. The van der Waals surface area contributed by atoms with Crippen LogP contribution in [0.25, 0.3) is 22.0 Å². The molecule has 0 unspecified atom stereocenters. The average molecular weight is 552 g/mol. The van der Waals surface area contributed by atoms with Gasteiger partial charge in [0.1, 0.15) is 5.82 Å². The minimum absolute atomic E-state index is 0.0213. The summed E-state index contributed by atoms with van der Waals surface area (Å²) in [5.74, 6) is -1.32. The zero-order valence-electron chi connectivity index (χ0n) is 22.7. The number of carbonyl (C=O) groups is 1. The van der Waals surface area contributed by atoms with Crippen molar-refractivity contribution in [3.8, 4) is 17.2 Å². The molecule has 1 aromatic heterocycles. The molecule has 2 saturated heterocycles. The molecule has 1 amide bonds. The molecule has 0 spiro atoms. The van der Waals surface area contributed by atoms with E-state index in [-0.39, 0.29) is 18.5 Å². The summed E-state index contributed by atoms with van der Waals surface area (Å²) in [4.78, 5) is 23.4. The summed E-state index contributed by atoms with van der Waals surface area (Å²) in [6.07, 6.45) is 4.38. The Hall–Kier alpha value is -4.35. The minimum atomic E-state index is -0.903. The number of hydrogen-bond donors (Lipinski definition) is 1. The van der Waals surface area contributed by atoms with Crippen LogP contribution in [0.5, 0.6) is 0 Å². The number of nitriles is 1. The fourth-order valence-electron chi connectivity index (χ4n) is 5.96. The fraction of sp³-hybridized carbons (Fsp3) is 0.303. The zero-order chi connectivity index (χ0) is 28.3. The SMILES string of the molecule is N#Cc1ccc(-c2ccc3nc(NCc4ccc(F)c(F)c4)cc(C(=O)N4CCC[C@H]4CN4CCCC4)c3c2)cc1. The third-order valence-corrected chi connectivity index (χ3v) is 8.15. The maximum Gasteiger partial charge on any atom is 0.254 e. The molecule has 0 saturated carbocycles. The highest BCUT2D eigenvalue weighted by atomic mass is 19.2. The summed E-state index contributed by atoms with van der Waals surface area (Å²) in [5, 5.41) is 13.1. The van der Waals surface area contributed by atoms with Crippen molar-refractivity contribution in [2.45, 2.75) is 38.3 Å². The van der Waals surface area contributed by atoms with Gasteiger partial charge in [-0.25, -0.2) is 13.8 Å². The lowest BCUT2D eigenvalue weighted by molar-refractivity contribution is 0.0710. The summed E-state index contributed by atoms with van der Waals surface area (Å²) in [6, 6.07) is 21.1. The molecule has 1 N–H and O–H groups in total. The van der Waals surface area contributed by atoms with E-state index >= 15 is 0 Å². The van der Waals surface area contributed by atoms with E-state index in [1.165, 1.54) is 18.9 Å². The monoisotopic (exact) mass is 551 g/mol. The van der Waals surface area contributed by atoms with Crippen LogP contribution in [0.2, 0.25) is 0 Å². The van der Waals surface area contributed by atoms with Gasteiger partial charge in [0.15, 0.2) is 11.6 Å². The average Bonchev–Trinajstić information content (AvgIpc) is 3.69. The first-order valence-electron chi connectivity index (χ1n) is 14.1. The molecule has 6 rings (SSSR count). The molecule has 3 heterocycles. The molecular formula is C33H31F2N5O. The first-order chi connectivity index (χ1) is 20.0. The summed E-state index contributed by atoms with van der Waals surface area (Å²) in [6.45, 7) is 4.01. The van der Waals surface area contributed by atoms with Gasteiger partial charge in [0, 0.05) is 31.1 Å². The van der Waals surface area contributed by atoms with E-state index in [1.807, 2.05) is 35.2 Å². The summed E-state index contributed by atoms with van der Waals surface area (Å²) >= 11 is 0. The van der Waals surface area contributed by atoms with Gasteiger partial charge in [0.05, 0.1) is 22.7 Å². The van der Waals surface area contributed by atoms with Gasteiger partial charge < -0.3 is 15.1 Å². The Labute approximate surface area is 238 Å². The Balaban J connectivity index is 1.36. The number of fused-ring (bicyclic) bond motifs is 1. The lowest BCUT2D eigenvalue weighted by atomic mass is 9.99. The highest BCUT2D eigenvalue weighted by Gasteiger charge is 2.32. The molecule has 1 atom stereocenters. The molecule has 4 aromatic rings. The van der Waals surface area contributed by atoms with Crippen LogP contribution in [0, 0.1) is 23.0 Å². The van der Waals surface area contributed by atoms with Crippen molar-refractivity contribution in [3.05, 3.63) is 95.1 Å². The van der Waals surface area contributed by atoms with Crippen molar-refractivity contribution in [2.75, 3.05) is 31.5 Å². The fourth-order valence-corrected chi connectivity index (χ4v) is 5.96. The van der Waals surface area contributed by atoms with Crippen LogP contribution in [0.4, 0.5) is 14.6 Å². The van der Waals surface area contributed by atoms with Crippen LogP contribution in [0.3, 0.4) is 0 Å². The number of nitrogens with one attached hydrogen (secondary N) is 1. The molecule has 0 aliphatic carbocycles. The molecule has 0 bridgehead atoms. The van der Waals surface area contributed by atoms with Crippen molar-refractivity contribution in [1.82, 2.24) is 14.8 Å². The standard InChI is InChI=1S/C33H31F2N5O/c34-29-11-7-23(16-30(29)35)20-37-32-18-28(33(41)40-15-3-4-26(40)21-39-13-1-2-14-39)27-17-25(10-12-31(27)38-32)24-8-5-22(19-36)6-9-24/h5-12,16-18,26H,1-4,13-15,20-21H2,(H,37,38)/t26-/m0/s1. The Bertz CT molecular complexity index is 1630. The van der Waals surface area contributed by atoms with E-state index in [2.05, 4.69) is 16.3 Å². The normalized spacial score (nSPS) is 17.2. The predicted molar refractivity (Wildman–Crippen MR) is 155 cm³/mol. The Kier molecular flexibility index (Phi) is 7.62. The number of carbonyl (C=O) groups excluding carboxylic acids is 1. The lowest BCUT2D eigenvalue weighted by Gasteiger charge is -2.29. The van der Waals surface area contributed by atoms with E-state index in [9.17, 15) is 18.8 Å². The summed E-state index contributed by atoms with van der Waals surface area (Å²) in [7, 11) is 0. The first kappa shape index (κ1) is 26.9. The zero-order valence-corrected chi connectivity index (χ0v) is 22.7. The van der Waals surface area contributed by atoms with E-state index < -0.39 is 11.6 Å². The van der Waals surface area contributed by atoms with Gasteiger partial charge in [-0.1, -0.05) is 24.3 Å². The van der Waals surface area contributed by atoms with Gasteiger partial charge in [0.2, 0.25) is 0 Å². The molecule has 8 heteroatoms. The Morgan fingerprint density at radius 2 is 1.71 bits per heavy atom. The molecular weight excluding hydrogens is 520 g/mol. The molecule has 41 heavy (non-hydrogen) atoms. The molecule has 2 fully saturated rings. The number of nitrogens with zero attached hydrogens (tertiary/aromatic N) is 4. The van der Waals surface area contributed by atoms with Crippen LogP contribution in [-0.2, 0) is 6.54 Å². The quantitative estimate of drug-likeness (QED) is 0.289. The summed E-state index contributed by atoms with van der Waals surface area (Å²) in [5.41, 5.74) is 4.25. The Morgan fingerprint density at radius 1 is 0.927 bits per heavy atom. The molecule has 208 valence electrons. The third-order valence-electron chi connectivity index (χ3n) is 8.15. The molecule has 2 aliphatic heterocycles. The minimum Gasteiger partial charge on any atom is -0.366 e. The largest absolute Gasteiger partial charge is 0.366 e. The van der Waals surface area contributed by atoms with Crippen LogP contribution < -0.4 is 5.32 Å². The number of halogens is 2. The van der Waals surface area contributed by atoms with Gasteiger partial charge in [-0.2, -0.15) is 5.26 Å². The smallest absolute Gasteiger partial charge is 0.254 e. The lowest BCUT2D eigenvalue weighted by Crippen LogP contribution is -2.42. The van der Waals surface area contributed by atoms with Crippen molar-refractivity contribution in [1.29, 1.82) is 5.26 Å². The summed E-state index contributed by atoms with van der Waals surface area (Å²) < 4.78 is 27.2. The van der Waals surface area contributed by atoms with Crippen LogP contribution >= 0.6 is 0 Å². The maximum atomic E-state index is 14.2. The Morgan fingerprint density at radius 3 is 2.46 bits per heavy atom. The van der Waals surface area contributed by atoms with E-state index in [1.54, 1.807) is 18.2 Å². The molecule has 6 nitrogen and oxygen atoms in total. The second kappa shape index (κ2) is 11.6. The second-order valence-electron chi connectivity index (χ2n) is 10.9. The highest BCUT2D eigenvalue weighted by molar-refractivity contribution is 6.08. The number of aromatic nitrogens is 1. The van der Waals surface area contributed by atoms with Crippen molar-refractivity contribution in [3.63, 3.8) is 0 Å². The van der Waals surface area contributed by atoms with Crippen LogP contribution in [-0.4, -0.2) is 52.9 Å². The van der Waals surface area contributed by atoms with E-state index in [0.717, 1.165) is 61.1 Å². The topological polar surface area (TPSA) is 72.3 Å². The number of amides is 1. The van der Waals surface area contributed by atoms with Crippen molar-refractivity contribution < 1.29 is 13.6 Å². The first-order valence-corrected chi connectivity index (χ1v) is 14.1. The van der Waals surface area contributed by atoms with E-state index in [0.29, 0.717) is 34.6 Å². The number of anilines is 1. The maximum absolute atomic E-state index is 14.2. The number of likely N-dealkylation sites (tertiary alicyclic amines) is 2. The van der Waals surface area contributed by atoms with Crippen LogP contribution in [0.15, 0.2) is 66.7 Å². The van der Waals surface area contributed by atoms with Crippen LogP contribution in [0.1, 0.15) is 47.2 Å².